The number of anilines is 3. The van der Waals surface area contributed by atoms with Gasteiger partial charge in [0.05, 0.1) is 11.6 Å². The Bertz CT molecular complexity index is 882. The molecule has 0 spiro atoms. The second-order valence-electron chi connectivity index (χ2n) is 6.61. The lowest BCUT2D eigenvalue weighted by Crippen LogP contribution is -2.48. The summed E-state index contributed by atoms with van der Waals surface area (Å²) >= 11 is 0. The van der Waals surface area contributed by atoms with Crippen LogP contribution in [-0.4, -0.2) is 28.3 Å². The van der Waals surface area contributed by atoms with Gasteiger partial charge in [0.2, 0.25) is 11.9 Å². The highest BCUT2D eigenvalue weighted by Crippen LogP contribution is 2.32. The summed E-state index contributed by atoms with van der Waals surface area (Å²) in [5, 5.41) is 8.20. The number of nitrogens with zero attached hydrogens (tertiary/aromatic N) is 2. The molecule has 1 aliphatic heterocycles. The number of carbonyl (C=O) groups is 2. The second kappa shape index (κ2) is 6.70. The quantitative estimate of drug-likeness (QED) is 0.712. The van der Waals surface area contributed by atoms with Gasteiger partial charge in [0.15, 0.2) is 11.6 Å². The molecule has 2 amide bonds. The fraction of sp³-hybridized carbons (Fsp3) is 0.333. The third-order valence-corrected chi connectivity index (χ3v) is 4.27. The Balaban J connectivity index is 1.92. The molecular weight excluding hydrogens is 337 g/mol. The van der Waals surface area contributed by atoms with Crippen LogP contribution in [0.15, 0.2) is 24.4 Å². The molecule has 0 atom stereocenters. The summed E-state index contributed by atoms with van der Waals surface area (Å²) in [6.45, 7) is 6.17. The molecule has 0 fully saturated rings. The minimum Gasteiger partial charge on any atom is -0.354 e. The van der Waals surface area contributed by atoms with Crippen LogP contribution in [0.2, 0.25) is 0 Å². The molecule has 0 aliphatic carbocycles. The molecule has 0 unspecified atom stereocenters. The number of nitrogens with one attached hydrogen (secondary N) is 3. The van der Waals surface area contributed by atoms with Gasteiger partial charge in [0.1, 0.15) is 0 Å². The molecule has 0 radical (unpaired) electrons. The minimum atomic E-state index is -0.820. The van der Waals surface area contributed by atoms with E-state index in [0.717, 1.165) is 12.6 Å². The summed E-state index contributed by atoms with van der Waals surface area (Å²) in [7, 11) is 0. The summed E-state index contributed by atoms with van der Waals surface area (Å²) in [5.74, 6) is -1.10. The molecule has 2 heterocycles. The number of hydrogen-bond acceptors (Lipinski definition) is 6. The van der Waals surface area contributed by atoms with Crippen molar-refractivity contribution in [3.63, 3.8) is 0 Å². The molecule has 3 rings (SSSR count). The zero-order valence-electron chi connectivity index (χ0n) is 14.8. The van der Waals surface area contributed by atoms with Crippen LogP contribution in [0.1, 0.15) is 43.1 Å². The van der Waals surface area contributed by atoms with E-state index in [1.54, 1.807) is 32.0 Å². The topological polar surface area (TPSA) is 96.0 Å². The molecule has 136 valence electrons. The van der Waals surface area contributed by atoms with Gasteiger partial charge in [0, 0.05) is 17.8 Å². The lowest BCUT2D eigenvalue weighted by atomic mass is 9.78. The van der Waals surface area contributed by atoms with E-state index in [1.165, 1.54) is 0 Å². The summed E-state index contributed by atoms with van der Waals surface area (Å²) in [4.78, 5) is 32.2. The van der Waals surface area contributed by atoms with Crippen molar-refractivity contribution < 1.29 is 14.0 Å². The van der Waals surface area contributed by atoms with Crippen LogP contribution in [0.25, 0.3) is 0 Å². The van der Waals surface area contributed by atoms with E-state index < -0.39 is 17.1 Å². The van der Waals surface area contributed by atoms with Crippen LogP contribution in [0.4, 0.5) is 21.8 Å². The Morgan fingerprint density at radius 2 is 2.04 bits per heavy atom. The number of benzene rings is 1. The van der Waals surface area contributed by atoms with Crippen molar-refractivity contribution in [3.05, 3.63) is 41.3 Å². The fourth-order valence-electron chi connectivity index (χ4n) is 2.72. The van der Waals surface area contributed by atoms with Crippen molar-refractivity contribution in [2.24, 2.45) is 0 Å². The lowest BCUT2D eigenvalue weighted by molar-refractivity contribution is -0.125. The Hall–Kier alpha value is -3.03. The number of hydrogen-bond donors (Lipinski definition) is 3. The zero-order valence-corrected chi connectivity index (χ0v) is 14.8. The first-order chi connectivity index (χ1) is 12.3. The van der Waals surface area contributed by atoms with Gasteiger partial charge in [-0.3, -0.25) is 14.9 Å². The first-order valence-electron chi connectivity index (χ1n) is 8.36. The SMILES string of the molecule is CCCNc1ncc(F)c(Nc2ccc3c(c2)C(=O)NC(=O)C3(C)C)n1. The summed E-state index contributed by atoms with van der Waals surface area (Å²) in [6.07, 6.45) is 1.97. The highest BCUT2D eigenvalue weighted by Gasteiger charge is 2.39. The fourth-order valence-corrected chi connectivity index (χ4v) is 2.72. The highest BCUT2D eigenvalue weighted by molar-refractivity contribution is 6.13. The third-order valence-electron chi connectivity index (χ3n) is 4.27. The van der Waals surface area contributed by atoms with Gasteiger partial charge in [-0.25, -0.2) is 9.37 Å². The van der Waals surface area contributed by atoms with Crippen LogP contribution in [0, 0.1) is 5.82 Å². The maximum Gasteiger partial charge on any atom is 0.258 e. The zero-order chi connectivity index (χ0) is 18.9. The van der Waals surface area contributed by atoms with E-state index in [0.29, 0.717) is 29.3 Å². The molecule has 1 aliphatic rings. The molecule has 26 heavy (non-hydrogen) atoms. The lowest BCUT2D eigenvalue weighted by Gasteiger charge is -2.30. The van der Waals surface area contributed by atoms with Crippen molar-refractivity contribution in [2.75, 3.05) is 17.2 Å². The average Bonchev–Trinajstić information content (AvgIpc) is 2.61. The Morgan fingerprint density at radius 3 is 2.77 bits per heavy atom. The van der Waals surface area contributed by atoms with Crippen molar-refractivity contribution in [1.29, 1.82) is 0 Å². The maximum atomic E-state index is 14.0. The van der Waals surface area contributed by atoms with E-state index in [2.05, 4.69) is 25.9 Å². The molecule has 7 nitrogen and oxygen atoms in total. The molecule has 0 saturated heterocycles. The first kappa shape index (κ1) is 17.8. The van der Waals surface area contributed by atoms with E-state index in [1.807, 2.05) is 6.92 Å². The number of fused-ring (bicyclic) bond motifs is 1. The monoisotopic (exact) mass is 357 g/mol. The predicted octanol–water partition coefficient (Wildman–Crippen LogP) is 2.73. The van der Waals surface area contributed by atoms with Gasteiger partial charge in [-0.1, -0.05) is 13.0 Å². The minimum absolute atomic E-state index is 0.00473. The largest absolute Gasteiger partial charge is 0.354 e. The molecule has 1 aromatic heterocycles. The van der Waals surface area contributed by atoms with Crippen molar-refractivity contribution in [3.8, 4) is 0 Å². The Labute approximate surface area is 150 Å². The predicted molar refractivity (Wildman–Crippen MR) is 96.0 cm³/mol. The summed E-state index contributed by atoms with van der Waals surface area (Å²) < 4.78 is 14.0. The molecule has 1 aromatic carbocycles. The standard InChI is InChI=1S/C18H20FN5O2/c1-4-7-20-17-21-9-13(19)14(23-17)22-10-5-6-12-11(8-10)15(25)24-16(26)18(12,2)3/h5-6,8-9H,4,7H2,1-3H3,(H,24,25,26)(H2,20,21,22,23). The second-order valence-corrected chi connectivity index (χ2v) is 6.61. The van der Waals surface area contributed by atoms with E-state index in [9.17, 15) is 14.0 Å². The van der Waals surface area contributed by atoms with Crippen molar-refractivity contribution in [2.45, 2.75) is 32.6 Å². The summed E-state index contributed by atoms with van der Waals surface area (Å²) in [5.41, 5.74) is 0.672. The maximum absolute atomic E-state index is 14.0. The highest BCUT2D eigenvalue weighted by atomic mass is 19.1. The van der Waals surface area contributed by atoms with Gasteiger partial charge < -0.3 is 10.6 Å². The van der Waals surface area contributed by atoms with Gasteiger partial charge >= 0.3 is 0 Å². The van der Waals surface area contributed by atoms with Gasteiger partial charge in [-0.05, 0) is 38.0 Å². The number of amides is 2. The molecule has 3 N–H and O–H groups in total. The number of aromatic nitrogens is 2. The summed E-state index contributed by atoms with van der Waals surface area (Å²) in [6, 6.07) is 4.97. The third kappa shape index (κ3) is 3.22. The number of carbonyl (C=O) groups excluding carboxylic acids is 2. The number of halogens is 1. The smallest absolute Gasteiger partial charge is 0.258 e. The van der Waals surface area contributed by atoms with Crippen LogP contribution < -0.4 is 16.0 Å². The molecule has 0 saturated carbocycles. The first-order valence-corrected chi connectivity index (χ1v) is 8.36. The molecule has 0 bridgehead atoms. The van der Waals surface area contributed by atoms with Crippen LogP contribution >= 0.6 is 0 Å². The van der Waals surface area contributed by atoms with E-state index in [-0.39, 0.29) is 11.7 Å². The number of imide groups is 1. The van der Waals surface area contributed by atoms with E-state index in [4.69, 9.17) is 0 Å². The Kier molecular flexibility index (Phi) is 4.58. The normalized spacial score (nSPS) is 15.2. The average molecular weight is 357 g/mol. The number of rotatable bonds is 5. The van der Waals surface area contributed by atoms with Crippen molar-refractivity contribution in [1.82, 2.24) is 15.3 Å². The van der Waals surface area contributed by atoms with Crippen molar-refractivity contribution >= 4 is 29.3 Å². The van der Waals surface area contributed by atoms with Crippen LogP contribution in [0.3, 0.4) is 0 Å². The van der Waals surface area contributed by atoms with Crippen LogP contribution in [0.5, 0.6) is 0 Å². The molecule has 2 aromatic rings. The molecular formula is C18H20FN5O2. The molecule has 8 heteroatoms. The van der Waals surface area contributed by atoms with Gasteiger partial charge in [0.25, 0.3) is 5.91 Å². The van der Waals surface area contributed by atoms with Gasteiger partial charge in [-0.2, -0.15) is 4.98 Å². The van der Waals surface area contributed by atoms with Crippen LogP contribution in [-0.2, 0) is 10.2 Å². The van der Waals surface area contributed by atoms with Gasteiger partial charge in [-0.15, -0.1) is 0 Å². The van der Waals surface area contributed by atoms with E-state index >= 15 is 0 Å². The Morgan fingerprint density at radius 1 is 1.27 bits per heavy atom.